The molecule has 0 unspecified atom stereocenters. The summed E-state index contributed by atoms with van der Waals surface area (Å²) in [6.07, 6.45) is -0.721. The highest BCUT2D eigenvalue weighted by atomic mass is 35.5. The third kappa shape index (κ3) is 6.09. The second-order valence-corrected chi connectivity index (χ2v) is 6.56. The number of aliphatic hydroxyl groups is 1. The second kappa shape index (κ2) is 10.8. The molecule has 28 heavy (non-hydrogen) atoms. The predicted molar refractivity (Wildman–Crippen MR) is 112 cm³/mol. The third-order valence-electron chi connectivity index (χ3n) is 3.71. The molecule has 0 spiro atoms. The summed E-state index contributed by atoms with van der Waals surface area (Å²) in [6.45, 7) is 9.02. The van der Waals surface area contributed by atoms with E-state index in [0.717, 1.165) is 5.56 Å². The van der Waals surface area contributed by atoms with Crippen LogP contribution < -0.4 is 16.4 Å². The topological polar surface area (TPSA) is 92.6 Å². The molecule has 2 rings (SSSR count). The maximum absolute atomic E-state index is 12.5. The number of amides is 1. The van der Waals surface area contributed by atoms with E-state index >= 15 is 0 Å². The summed E-state index contributed by atoms with van der Waals surface area (Å²) in [5, 5.41) is 12.7. The summed E-state index contributed by atoms with van der Waals surface area (Å²) in [4.78, 5) is 29.8. The van der Waals surface area contributed by atoms with Gasteiger partial charge in [0.1, 0.15) is 12.4 Å². The molecule has 0 aliphatic rings. The van der Waals surface area contributed by atoms with Crippen LogP contribution in [-0.2, 0) is 11.9 Å². The van der Waals surface area contributed by atoms with Crippen LogP contribution in [0.5, 0.6) is 0 Å². The van der Waals surface area contributed by atoms with Gasteiger partial charge in [-0.15, -0.1) is 0 Å². The molecule has 3 N–H and O–H groups in total. The van der Waals surface area contributed by atoms with E-state index in [9.17, 15) is 14.7 Å². The average molecular weight is 410 g/mol. The molecule has 7 nitrogen and oxygen atoms in total. The normalized spacial score (nSPS) is 11.3. The van der Waals surface area contributed by atoms with Crippen molar-refractivity contribution in [1.82, 2.24) is 10.0 Å². The van der Waals surface area contributed by atoms with Gasteiger partial charge < -0.3 is 10.4 Å². The van der Waals surface area contributed by atoms with Crippen molar-refractivity contribution >= 4 is 29.0 Å². The van der Waals surface area contributed by atoms with Crippen molar-refractivity contribution < 1.29 is 14.7 Å². The van der Waals surface area contributed by atoms with Gasteiger partial charge in [0.15, 0.2) is 0 Å². The molecule has 8 heteroatoms. The molecular formula is C20H28ClN3O4. The number of aliphatic hydroxyl groups excluding tert-OH is 1. The summed E-state index contributed by atoms with van der Waals surface area (Å²) in [5.41, 5.74) is 4.21. The van der Waals surface area contributed by atoms with E-state index in [4.69, 9.17) is 16.4 Å². The van der Waals surface area contributed by atoms with Gasteiger partial charge in [0, 0.05) is 12.6 Å². The third-order valence-corrected chi connectivity index (χ3v) is 4.02. The van der Waals surface area contributed by atoms with Crippen molar-refractivity contribution in [1.29, 1.82) is 0 Å². The number of benzene rings is 1. The lowest BCUT2D eigenvalue weighted by atomic mass is 10.1. The van der Waals surface area contributed by atoms with Crippen LogP contribution in [-0.4, -0.2) is 28.3 Å². The van der Waals surface area contributed by atoms with Gasteiger partial charge >= 0.3 is 0 Å². The van der Waals surface area contributed by atoms with Crippen LogP contribution in [0.2, 0.25) is 5.02 Å². The number of nitrogens with one attached hydrogen (secondary N) is 2. The molecule has 0 radical (unpaired) electrons. The van der Waals surface area contributed by atoms with E-state index in [1.54, 1.807) is 26.1 Å². The molecule has 0 saturated heterocycles. The zero-order valence-electron chi connectivity index (χ0n) is 17.1. The number of aromatic nitrogens is 1. The van der Waals surface area contributed by atoms with Crippen LogP contribution in [0.25, 0.3) is 0 Å². The van der Waals surface area contributed by atoms with E-state index in [2.05, 4.69) is 10.8 Å². The van der Waals surface area contributed by atoms with Crippen LogP contribution in [0.3, 0.4) is 0 Å². The van der Waals surface area contributed by atoms with Crippen molar-refractivity contribution in [2.45, 2.75) is 40.7 Å². The molecule has 0 bridgehead atoms. The van der Waals surface area contributed by atoms with Crippen molar-refractivity contribution in [2.24, 2.45) is 7.05 Å². The number of hydrogen-bond acceptors (Lipinski definition) is 5. The molecule has 0 fully saturated rings. The zero-order chi connectivity index (χ0) is 21.4. The molecule has 154 valence electrons. The Balaban J connectivity index is 0.00000190. The summed E-state index contributed by atoms with van der Waals surface area (Å²) in [7, 11) is 1.56. The van der Waals surface area contributed by atoms with Gasteiger partial charge in [0.05, 0.1) is 22.4 Å². The molecule has 1 heterocycles. The minimum Gasteiger partial charge on any atom is -0.391 e. The summed E-state index contributed by atoms with van der Waals surface area (Å²) in [6, 6.07) is 6.90. The van der Waals surface area contributed by atoms with Gasteiger partial charge in [0.2, 0.25) is 0 Å². The first-order valence-electron chi connectivity index (χ1n) is 9.04. The summed E-state index contributed by atoms with van der Waals surface area (Å²) >= 11 is 6.25. The van der Waals surface area contributed by atoms with Gasteiger partial charge in [-0.25, -0.2) is 5.48 Å². The molecular weight excluding hydrogens is 382 g/mol. The first-order chi connectivity index (χ1) is 13.2. The fourth-order valence-electron chi connectivity index (χ4n) is 2.35. The zero-order valence-corrected chi connectivity index (χ0v) is 17.8. The van der Waals surface area contributed by atoms with Crippen LogP contribution in [0.1, 0.15) is 42.3 Å². The van der Waals surface area contributed by atoms with Crippen molar-refractivity contribution in [2.75, 3.05) is 11.9 Å². The molecule has 1 aromatic heterocycles. The lowest BCUT2D eigenvalue weighted by molar-refractivity contribution is -0.00685. The Morgan fingerprint density at radius 1 is 1.29 bits per heavy atom. The number of pyridine rings is 1. The fraction of sp³-hybridized carbons (Fsp3) is 0.400. The maximum Gasteiger partial charge on any atom is 0.278 e. The number of carbonyl (C=O) groups is 1. The molecule has 1 amide bonds. The molecule has 2 aromatic rings. The fourth-order valence-corrected chi connectivity index (χ4v) is 2.63. The van der Waals surface area contributed by atoms with Gasteiger partial charge in [0.25, 0.3) is 11.5 Å². The van der Waals surface area contributed by atoms with Gasteiger partial charge in [-0.2, -0.15) is 0 Å². The van der Waals surface area contributed by atoms with Gasteiger partial charge in [-0.1, -0.05) is 31.5 Å². The number of nitrogens with zero attached hydrogens (tertiary/aromatic N) is 1. The number of aryl methyl sites for hydroxylation is 2. The van der Waals surface area contributed by atoms with Crippen LogP contribution in [0.4, 0.5) is 11.5 Å². The first-order valence-corrected chi connectivity index (χ1v) is 9.42. The standard InChI is InChI=1S/C18H22ClN3O4.C2H6/c1-10-5-6-15(14(19)7-10)20-16-13(8-11(2)18(25)22(16)4)17(24)21-26-9-12(3)23;1-2/h5-8,12,20,23H,9H2,1-4H3,(H,21,24);1-2H3/t12-;/m0./s1. The monoisotopic (exact) mass is 409 g/mol. The Bertz CT molecular complexity index is 878. The highest BCUT2D eigenvalue weighted by molar-refractivity contribution is 6.33. The summed E-state index contributed by atoms with van der Waals surface area (Å²) < 4.78 is 1.34. The molecule has 0 saturated carbocycles. The Hall–Kier alpha value is -2.35. The Kier molecular flexibility index (Phi) is 9.18. The van der Waals surface area contributed by atoms with E-state index in [1.165, 1.54) is 17.6 Å². The number of halogens is 1. The largest absolute Gasteiger partial charge is 0.391 e. The lowest BCUT2D eigenvalue weighted by Crippen LogP contribution is -2.31. The lowest BCUT2D eigenvalue weighted by Gasteiger charge is -2.18. The first kappa shape index (κ1) is 23.7. The van der Waals surface area contributed by atoms with E-state index < -0.39 is 12.0 Å². The number of hydrogen-bond donors (Lipinski definition) is 3. The van der Waals surface area contributed by atoms with Crippen molar-refractivity contribution in [3.8, 4) is 0 Å². The van der Waals surface area contributed by atoms with Gasteiger partial charge in [-0.3, -0.25) is 19.0 Å². The Morgan fingerprint density at radius 3 is 2.50 bits per heavy atom. The van der Waals surface area contributed by atoms with Crippen LogP contribution in [0.15, 0.2) is 29.1 Å². The van der Waals surface area contributed by atoms with E-state index in [1.807, 2.05) is 26.8 Å². The number of carbonyl (C=O) groups excluding carboxylic acids is 1. The molecule has 0 aliphatic carbocycles. The van der Waals surface area contributed by atoms with Crippen LogP contribution >= 0.6 is 11.6 Å². The quantitative estimate of drug-likeness (QED) is 0.635. The minimum atomic E-state index is -0.721. The molecule has 0 aliphatic heterocycles. The Morgan fingerprint density at radius 2 is 1.93 bits per heavy atom. The number of rotatable bonds is 6. The summed E-state index contributed by atoms with van der Waals surface area (Å²) in [5.74, 6) is -0.264. The van der Waals surface area contributed by atoms with E-state index in [0.29, 0.717) is 16.3 Å². The van der Waals surface area contributed by atoms with Crippen LogP contribution in [0, 0.1) is 13.8 Å². The Labute approximate surface area is 170 Å². The average Bonchev–Trinajstić information content (AvgIpc) is 2.65. The molecule has 1 atom stereocenters. The smallest absolute Gasteiger partial charge is 0.278 e. The van der Waals surface area contributed by atoms with Crippen molar-refractivity contribution in [3.63, 3.8) is 0 Å². The highest BCUT2D eigenvalue weighted by Gasteiger charge is 2.18. The molecule has 1 aromatic carbocycles. The number of anilines is 2. The van der Waals surface area contributed by atoms with E-state index in [-0.39, 0.29) is 23.5 Å². The van der Waals surface area contributed by atoms with Gasteiger partial charge in [-0.05, 0) is 44.5 Å². The maximum atomic E-state index is 12.5. The minimum absolute atomic E-state index is 0.0525. The predicted octanol–water partition coefficient (Wildman–Crippen LogP) is 3.47. The second-order valence-electron chi connectivity index (χ2n) is 6.15. The SMILES string of the molecule is CC.Cc1ccc(Nc2c(C(=O)NOC[C@H](C)O)cc(C)c(=O)n2C)c(Cl)c1. The number of hydroxylamine groups is 1. The highest BCUT2D eigenvalue weighted by Crippen LogP contribution is 2.27. The van der Waals surface area contributed by atoms with Crippen molar-refractivity contribution in [3.05, 3.63) is 56.3 Å².